The van der Waals surface area contributed by atoms with Crippen molar-refractivity contribution < 1.29 is 41.1 Å². The standard InChI is InChI=1S/C33H72O5Si4.C33H70O4Si4/c1-25-26(21-20-23-34)35-29(27(22-24-39(11,12)13)36-40(14,15)31(2,3)4)30(38-42(18,19)33(8,9)10)28(25)37-41(16,17)32(5,6)7;1-21-22-26-25(2)28(36-40(17,18)32(6,7)8)30(37-41(19,20)33(9,10)11)29(34-26)27(23-24-38(12,13)14)35-39(15,16)31(3,4)5/h22,24-30,34H,20-21,23H2,1-19H3;21,23-30H,1,22H2,2-20H3/b24-22+;24-23+/t2*25-,26-,27-,28-,29-,30-/m00/s1. The van der Waals surface area contributed by atoms with Crippen LogP contribution < -0.4 is 0 Å². The maximum absolute atomic E-state index is 9.80. The smallest absolute Gasteiger partial charge is 0.193 e. The fourth-order valence-corrected chi connectivity index (χ4v) is 18.1. The van der Waals surface area contributed by atoms with Crippen LogP contribution in [0.1, 0.15) is 158 Å². The van der Waals surface area contributed by atoms with E-state index in [4.69, 9.17) is 36.0 Å². The second kappa shape index (κ2) is 29.0. The van der Waals surface area contributed by atoms with E-state index in [0.717, 1.165) is 12.8 Å². The van der Waals surface area contributed by atoms with Crippen molar-refractivity contribution in [2.75, 3.05) is 6.61 Å². The van der Waals surface area contributed by atoms with Gasteiger partial charge in [0.15, 0.2) is 49.9 Å². The van der Waals surface area contributed by atoms with Gasteiger partial charge in [-0.3, -0.25) is 0 Å². The first-order valence-corrected chi connectivity index (χ1v) is 57.0. The minimum Gasteiger partial charge on any atom is -0.411 e. The quantitative estimate of drug-likeness (QED) is 0.0793. The largest absolute Gasteiger partial charge is 0.411 e. The Morgan fingerprint density at radius 2 is 0.663 bits per heavy atom. The molecule has 0 saturated carbocycles. The molecule has 0 aromatic heterocycles. The molecule has 0 amide bonds. The van der Waals surface area contributed by atoms with E-state index in [-0.39, 0.29) is 110 Å². The minimum absolute atomic E-state index is 0.00247. The third kappa shape index (κ3) is 23.3. The third-order valence-electron chi connectivity index (χ3n) is 20.9. The molecule has 2 rings (SSSR count). The summed E-state index contributed by atoms with van der Waals surface area (Å²) < 4.78 is 58.6. The molecule has 0 aromatic carbocycles. The van der Waals surface area contributed by atoms with Crippen LogP contribution in [0.2, 0.25) is 148 Å². The molecule has 2 heterocycles. The second-order valence-corrected chi connectivity index (χ2v) is 75.6. The summed E-state index contributed by atoms with van der Waals surface area (Å²) in [4.78, 5) is 0. The number of hydrogen-bond donors (Lipinski definition) is 1. The molecule has 2 saturated heterocycles. The normalized spacial score (nSPS) is 26.7. The predicted octanol–water partition coefficient (Wildman–Crippen LogP) is 20.3. The molecule has 9 nitrogen and oxygen atoms in total. The van der Waals surface area contributed by atoms with E-state index in [1.165, 1.54) is 0 Å². The van der Waals surface area contributed by atoms with Gasteiger partial charge in [0.25, 0.3) is 0 Å². The SMILES string of the molecule is C=CC[C@@H]1O[C@@H]([C@H](/C=C/[Si](C)(C)C)O[Si](C)(C)C(C)(C)C)[C@@H](O[Si](C)(C)C(C)(C)C)[C@@H](O[Si](C)(C)C(C)(C)C)[C@H]1C.C[C@@H]1[C@H](O[Si](C)(C)C(C)(C)C)[C@H](O[Si](C)(C)C(C)(C)C)[C@H]([C@H](/C=C/[Si](C)(C)C)O[Si](C)(C)C(C)(C)C)O[C@H]1CCCO. The van der Waals surface area contributed by atoms with E-state index in [9.17, 15) is 5.11 Å². The van der Waals surface area contributed by atoms with Gasteiger partial charge < -0.3 is 41.1 Å². The summed E-state index contributed by atoms with van der Waals surface area (Å²) in [6, 6.07) is 0. The van der Waals surface area contributed by atoms with Crippen molar-refractivity contribution in [2.24, 2.45) is 11.8 Å². The molecule has 0 radical (unpaired) electrons. The molecule has 12 atom stereocenters. The second-order valence-electron chi connectivity index (χ2n) is 36.9. The van der Waals surface area contributed by atoms with Gasteiger partial charge in [0.05, 0.1) is 65.0 Å². The van der Waals surface area contributed by atoms with Gasteiger partial charge in [-0.2, -0.15) is 0 Å². The first-order chi connectivity index (χ1) is 36.4. The van der Waals surface area contributed by atoms with E-state index in [0.29, 0.717) is 6.42 Å². The van der Waals surface area contributed by atoms with Crippen molar-refractivity contribution in [3.63, 3.8) is 0 Å². The van der Waals surface area contributed by atoms with Gasteiger partial charge in [0, 0.05) is 18.4 Å². The number of aliphatic hydroxyl groups is 1. The maximum atomic E-state index is 9.80. The lowest BCUT2D eigenvalue weighted by atomic mass is 9.84. The Kier molecular flexibility index (Phi) is 28.6. The molecule has 83 heavy (non-hydrogen) atoms. The number of hydrogen-bond acceptors (Lipinski definition) is 9. The summed E-state index contributed by atoms with van der Waals surface area (Å²) in [7, 11) is -16.0. The lowest BCUT2D eigenvalue weighted by Crippen LogP contribution is -2.65. The Hall–Kier alpha value is 0.595. The van der Waals surface area contributed by atoms with Gasteiger partial charge in [-0.05, 0) is 128 Å². The Bertz CT molecular complexity index is 2050. The first-order valence-electron chi connectivity index (χ1n) is 32.4. The fraction of sp³-hybridized carbons (Fsp3) is 0.909. The van der Waals surface area contributed by atoms with Crippen LogP contribution in [0.3, 0.4) is 0 Å². The van der Waals surface area contributed by atoms with Crippen LogP contribution in [-0.4, -0.2) is 139 Å². The molecule has 0 unspecified atom stereocenters. The van der Waals surface area contributed by atoms with Crippen molar-refractivity contribution in [1.82, 2.24) is 0 Å². The Morgan fingerprint density at radius 1 is 0.410 bits per heavy atom. The summed E-state index contributed by atoms with van der Waals surface area (Å²) in [5.41, 5.74) is 4.85. The Morgan fingerprint density at radius 3 is 0.904 bits per heavy atom. The summed E-state index contributed by atoms with van der Waals surface area (Å²) in [6.45, 7) is 93.0. The minimum atomic E-state index is -2.22. The summed E-state index contributed by atoms with van der Waals surface area (Å²) in [5.74, 6) is 0.300. The van der Waals surface area contributed by atoms with Gasteiger partial charge in [-0.25, -0.2) is 0 Å². The van der Waals surface area contributed by atoms with Crippen LogP contribution >= 0.6 is 0 Å². The molecule has 1 N–H and O–H groups in total. The molecular weight excluding hydrogens is 1160 g/mol. The zero-order valence-corrected chi connectivity index (χ0v) is 70.1. The molecule has 0 bridgehead atoms. The zero-order chi connectivity index (χ0) is 65.9. The third-order valence-corrected chi connectivity index (χ3v) is 50.1. The van der Waals surface area contributed by atoms with Gasteiger partial charge >= 0.3 is 0 Å². The highest BCUT2D eigenvalue weighted by molar-refractivity contribution is 6.81. The molecule has 2 fully saturated rings. The predicted molar refractivity (Wildman–Crippen MR) is 384 cm³/mol. The monoisotopic (exact) mass is 1300 g/mol. The number of ether oxygens (including phenoxy) is 2. The average molecular weight is 1300 g/mol. The van der Waals surface area contributed by atoms with Gasteiger partial charge in [0.1, 0.15) is 12.2 Å². The highest BCUT2D eigenvalue weighted by Gasteiger charge is 2.57. The van der Waals surface area contributed by atoms with Crippen LogP contribution in [0.5, 0.6) is 0 Å². The van der Waals surface area contributed by atoms with E-state index in [1.807, 2.05) is 6.08 Å². The van der Waals surface area contributed by atoms with E-state index < -0.39 is 66.1 Å². The molecular formula is C66H142O9Si8. The lowest BCUT2D eigenvalue weighted by molar-refractivity contribution is -0.207. The molecule has 0 aromatic rings. The van der Waals surface area contributed by atoms with Crippen LogP contribution in [0.15, 0.2) is 36.2 Å². The molecule has 2 aliphatic heterocycles. The molecule has 492 valence electrons. The highest BCUT2D eigenvalue weighted by Crippen LogP contribution is 2.50. The van der Waals surface area contributed by atoms with Crippen molar-refractivity contribution in [3.05, 3.63) is 36.2 Å². The van der Waals surface area contributed by atoms with Crippen molar-refractivity contribution in [2.45, 2.75) is 367 Å². The van der Waals surface area contributed by atoms with E-state index in [1.54, 1.807) is 0 Å². The maximum Gasteiger partial charge on any atom is 0.193 e. The van der Waals surface area contributed by atoms with Gasteiger partial charge in [0.2, 0.25) is 0 Å². The fourth-order valence-electron chi connectivity index (χ4n) is 8.71. The van der Waals surface area contributed by atoms with Crippen molar-refractivity contribution in [3.8, 4) is 0 Å². The van der Waals surface area contributed by atoms with Crippen LogP contribution in [0.25, 0.3) is 0 Å². The van der Waals surface area contributed by atoms with Crippen LogP contribution in [0, 0.1) is 11.8 Å². The average Bonchev–Trinajstić information content (AvgIpc) is 3.24. The Labute approximate surface area is 525 Å². The zero-order valence-electron chi connectivity index (χ0n) is 62.1. The van der Waals surface area contributed by atoms with E-state index >= 15 is 0 Å². The highest BCUT2D eigenvalue weighted by atomic mass is 28.4. The number of rotatable bonds is 23. The summed E-state index contributed by atoms with van der Waals surface area (Å²) in [6.07, 6.45) is 7.23. The van der Waals surface area contributed by atoms with E-state index in [2.05, 4.69) is 286 Å². The first kappa shape index (κ1) is 81.6. The summed E-state index contributed by atoms with van der Waals surface area (Å²) >= 11 is 0. The topological polar surface area (TPSA) is 94.1 Å². The Balaban J connectivity index is 0.000000830. The molecule has 0 spiro atoms. The molecule has 0 aliphatic carbocycles. The van der Waals surface area contributed by atoms with Gasteiger partial charge in [-0.1, -0.05) is 207 Å². The van der Waals surface area contributed by atoms with Gasteiger partial charge in [-0.15, -0.1) is 6.58 Å². The number of aliphatic hydroxyl groups excluding tert-OH is 1. The van der Waals surface area contributed by atoms with Crippen molar-refractivity contribution >= 4 is 66.1 Å². The van der Waals surface area contributed by atoms with Crippen LogP contribution in [-0.2, 0) is 36.0 Å². The van der Waals surface area contributed by atoms with Crippen molar-refractivity contribution in [1.29, 1.82) is 0 Å². The summed E-state index contributed by atoms with van der Waals surface area (Å²) in [5, 5.41) is 10.2. The molecule has 2 aliphatic rings. The van der Waals surface area contributed by atoms with Crippen LogP contribution in [0.4, 0.5) is 0 Å². The molecule has 17 heteroatoms. The lowest BCUT2D eigenvalue weighted by Gasteiger charge is -2.54.